The first-order valence-electron chi connectivity index (χ1n) is 13.7. The molecular weight excluding hydrogens is 478 g/mol. The first-order chi connectivity index (χ1) is 18.5. The van der Waals surface area contributed by atoms with E-state index in [4.69, 9.17) is 9.47 Å². The monoisotopic (exact) mass is 517 g/mol. The van der Waals surface area contributed by atoms with Gasteiger partial charge in [0.25, 0.3) is 0 Å². The van der Waals surface area contributed by atoms with Crippen LogP contribution in [0.2, 0.25) is 0 Å². The topological polar surface area (TPSA) is 88.4 Å². The number of carbonyl (C=O) groups is 1. The minimum absolute atomic E-state index is 0.0741. The van der Waals surface area contributed by atoms with Gasteiger partial charge in [0.2, 0.25) is 0 Å². The van der Waals surface area contributed by atoms with Crippen molar-refractivity contribution in [2.24, 2.45) is 4.99 Å². The van der Waals surface area contributed by atoms with Gasteiger partial charge in [-0.1, -0.05) is 70.8 Å². The van der Waals surface area contributed by atoms with Crippen molar-refractivity contribution in [1.29, 1.82) is 0 Å². The number of hydrogen-bond donors (Lipinski definition) is 2. The van der Waals surface area contributed by atoms with E-state index in [1.54, 1.807) is 54.6 Å². The average Bonchev–Trinajstić information content (AvgIpc) is 2.91. The SMILES string of the molecule is CCCCCCCCCCCCOc1ccc(C(=O)Oc2ccc(C=Nc3cccc(O)c3)c(O)c2)cc1. The Balaban J connectivity index is 1.37. The molecule has 0 atom stereocenters. The van der Waals surface area contributed by atoms with Gasteiger partial charge in [-0.3, -0.25) is 4.99 Å². The van der Waals surface area contributed by atoms with Gasteiger partial charge in [0.05, 0.1) is 17.9 Å². The zero-order valence-corrected chi connectivity index (χ0v) is 22.3. The molecule has 0 unspecified atom stereocenters. The van der Waals surface area contributed by atoms with Gasteiger partial charge in [-0.15, -0.1) is 0 Å². The van der Waals surface area contributed by atoms with E-state index in [1.165, 1.54) is 76.1 Å². The van der Waals surface area contributed by atoms with Gasteiger partial charge >= 0.3 is 5.97 Å². The molecule has 202 valence electrons. The fourth-order valence-corrected chi connectivity index (χ4v) is 4.05. The highest BCUT2D eigenvalue weighted by Gasteiger charge is 2.11. The van der Waals surface area contributed by atoms with E-state index in [0.717, 1.165) is 12.2 Å². The van der Waals surface area contributed by atoms with Gasteiger partial charge in [0, 0.05) is 23.9 Å². The number of benzene rings is 3. The molecular formula is C32H39NO5. The summed E-state index contributed by atoms with van der Waals surface area (Å²) in [6.45, 7) is 2.92. The highest BCUT2D eigenvalue weighted by Crippen LogP contribution is 2.25. The molecule has 6 nitrogen and oxygen atoms in total. The second kappa shape index (κ2) is 16.1. The van der Waals surface area contributed by atoms with Crippen LogP contribution >= 0.6 is 0 Å². The van der Waals surface area contributed by atoms with Crippen LogP contribution in [0.3, 0.4) is 0 Å². The number of phenolic OH excluding ortho intramolecular Hbond substituents is 2. The van der Waals surface area contributed by atoms with Crippen LogP contribution in [-0.4, -0.2) is 29.0 Å². The van der Waals surface area contributed by atoms with E-state index in [-0.39, 0.29) is 17.2 Å². The number of rotatable bonds is 16. The molecule has 0 aromatic heterocycles. The molecule has 0 aliphatic carbocycles. The molecule has 0 saturated heterocycles. The normalized spacial score (nSPS) is 11.1. The molecule has 3 aromatic carbocycles. The Morgan fingerprint density at radius 3 is 2.11 bits per heavy atom. The van der Waals surface area contributed by atoms with E-state index in [1.807, 2.05) is 0 Å². The summed E-state index contributed by atoms with van der Waals surface area (Å²) in [6.07, 6.45) is 14.3. The summed E-state index contributed by atoms with van der Waals surface area (Å²) in [6, 6.07) is 17.9. The molecule has 0 spiro atoms. The van der Waals surface area contributed by atoms with Crippen LogP contribution < -0.4 is 9.47 Å². The Hall–Kier alpha value is -3.80. The first kappa shape index (κ1) is 28.8. The van der Waals surface area contributed by atoms with Crippen LogP contribution in [0, 0.1) is 0 Å². The van der Waals surface area contributed by atoms with E-state index in [2.05, 4.69) is 11.9 Å². The molecule has 3 aromatic rings. The Labute approximate surface area is 226 Å². The number of esters is 1. The fourth-order valence-electron chi connectivity index (χ4n) is 4.05. The maximum atomic E-state index is 12.5. The summed E-state index contributed by atoms with van der Waals surface area (Å²) in [5, 5.41) is 19.8. The molecule has 6 heteroatoms. The van der Waals surface area contributed by atoms with Crippen molar-refractivity contribution in [2.75, 3.05) is 6.61 Å². The van der Waals surface area contributed by atoms with Crippen molar-refractivity contribution in [1.82, 2.24) is 0 Å². The quantitative estimate of drug-likeness (QED) is 0.0862. The van der Waals surface area contributed by atoms with Crippen LogP contribution in [0.4, 0.5) is 5.69 Å². The lowest BCUT2D eigenvalue weighted by Gasteiger charge is -2.08. The number of hydrogen-bond acceptors (Lipinski definition) is 6. The molecule has 0 fully saturated rings. The maximum absolute atomic E-state index is 12.5. The molecule has 0 amide bonds. The second-order valence-electron chi connectivity index (χ2n) is 9.44. The van der Waals surface area contributed by atoms with Crippen molar-refractivity contribution in [3.63, 3.8) is 0 Å². The van der Waals surface area contributed by atoms with E-state index < -0.39 is 5.97 Å². The molecule has 0 saturated carbocycles. The highest BCUT2D eigenvalue weighted by atomic mass is 16.5. The van der Waals surface area contributed by atoms with E-state index in [0.29, 0.717) is 23.4 Å². The maximum Gasteiger partial charge on any atom is 0.343 e. The van der Waals surface area contributed by atoms with Crippen molar-refractivity contribution < 1.29 is 24.5 Å². The average molecular weight is 518 g/mol. The largest absolute Gasteiger partial charge is 0.508 e. The van der Waals surface area contributed by atoms with Crippen LogP contribution in [0.25, 0.3) is 0 Å². The predicted octanol–water partition coefficient (Wildman–Crippen LogP) is 8.37. The van der Waals surface area contributed by atoms with E-state index >= 15 is 0 Å². The van der Waals surface area contributed by atoms with Gasteiger partial charge in [-0.05, 0) is 55.0 Å². The summed E-state index contributed by atoms with van der Waals surface area (Å²) in [7, 11) is 0. The first-order valence-corrected chi connectivity index (χ1v) is 13.7. The van der Waals surface area contributed by atoms with Crippen molar-refractivity contribution in [3.05, 3.63) is 77.9 Å². The highest BCUT2D eigenvalue weighted by molar-refractivity contribution is 5.91. The van der Waals surface area contributed by atoms with Gasteiger partial charge in [-0.2, -0.15) is 0 Å². The van der Waals surface area contributed by atoms with Crippen molar-refractivity contribution in [2.45, 2.75) is 71.1 Å². The standard InChI is InChI=1S/C32H39NO5/c1-2-3-4-5-6-7-8-9-10-11-21-37-29-18-15-25(16-19-29)32(36)38-30-20-17-26(31(35)23-30)24-33-27-13-12-14-28(34)22-27/h12-20,22-24,34-35H,2-11,21H2,1H3. The second-order valence-corrected chi connectivity index (χ2v) is 9.44. The summed E-state index contributed by atoms with van der Waals surface area (Å²) >= 11 is 0. The van der Waals surface area contributed by atoms with Crippen LogP contribution in [0.15, 0.2) is 71.7 Å². The van der Waals surface area contributed by atoms with Gasteiger partial charge < -0.3 is 19.7 Å². The third-order valence-electron chi connectivity index (χ3n) is 6.25. The third-order valence-corrected chi connectivity index (χ3v) is 6.25. The number of phenols is 2. The Kier molecular flexibility index (Phi) is 12.2. The van der Waals surface area contributed by atoms with Gasteiger partial charge in [0.1, 0.15) is 23.0 Å². The third kappa shape index (κ3) is 10.3. The number of carbonyl (C=O) groups excluding carboxylic acids is 1. The molecule has 0 bridgehead atoms. The Morgan fingerprint density at radius 1 is 0.789 bits per heavy atom. The molecule has 0 aliphatic heterocycles. The molecule has 0 radical (unpaired) electrons. The number of nitrogens with zero attached hydrogens (tertiary/aromatic N) is 1. The lowest BCUT2D eigenvalue weighted by atomic mass is 10.1. The van der Waals surface area contributed by atoms with Crippen molar-refractivity contribution >= 4 is 17.9 Å². The fraction of sp³-hybridized carbons (Fsp3) is 0.375. The molecule has 2 N–H and O–H groups in total. The number of aromatic hydroxyl groups is 2. The molecule has 0 heterocycles. The number of unbranched alkanes of at least 4 members (excludes halogenated alkanes) is 9. The van der Waals surface area contributed by atoms with E-state index in [9.17, 15) is 15.0 Å². The molecule has 38 heavy (non-hydrogen) atoms. The predicted molar refractivity (Wildman–Crippen MR) is 152 cm³/mol. The van der Waals surface area contributed by atoms with Gasteiger partial charge in [-0.25, -0.2) is 4.79 Å². The smallest absolute Gasteiger partial charge is 0.343 e. The van der Waals surface area contributed by atoms with Crippen molar-refractivity contribution in [3.8, 4) is 23.0 Å². The van der Waals surface area contributed by atoms with Crippen LogP contribution in [0.1, 0.15) is 87.1 Å². The summed E-state index contributed by atoms with van der Waals surface area (Å²) in [5.74, 6) is 0.468. The molecule has 3 rings (SSSR count). The Bertz CT molecular complexity index is 1160. The lowest BCUT2D eigenvalue weighted by Crippen LogP contribution is -2.08. The zero-order chi connectivity index (χ0) is 27.0. The Morgan fingerprint density at radius 2 is 1.45 bits per heavy atom. The summed E-state index contributed by atoms with van der Waals surface area (Å²) < 4.78 is 11.2. The van der Waals surface area contributed by atoms with Crippen LogP contribution in [0.5, 0.6) is 23.0 Å². The minimum Gasteiger partial charge on any atom is -0.508 e. The number of ether oxygens (including phenoxy) is 2. The number of aliphatic imine (C=N–C) groups is 1. The zero-order valence-electron chi connectivity index (χ0n) is 22.3. The van der Waals surface area contributed by atoms with Crippen LogP contribution in [-0.2, 0) is 0 Å². The van der Waals surface area contributed by atoms with Gasteiger partial charge in [0.15, 0.2) is 0 Å². The lowest BCUT2D eigenvalue weighted by molar-refractivity contribution is 0.0734. The summed E-state index contributed by atoms with van der Waals surface area (Å²) in [4.78, 5) is 16.8. The summed E-state index contributed by atoms with van der Waals surface area (Å²) in [5.41, 5.74) is 1.40. The molecule has 0 aliphatic rings. The minimum atomic E-state index is -0.521.